The number of hydrogen-bond acceptors (Lipinski definition) is 4. The van der Waals surface area contributed by atoms with E-state index in [0.29, 0.717) is 22.7 Å². The van der Waals surface area contributed by atoms with Crippen LogP contribution in [-0.2, 0) is 4.79 Å². The first-order valence-corrected chi connectivity index (χ1v) is 11.6. The van der Waals surface area contributed by atoms with E-state index in [1.165, 1.54) is 12.1 Å². The van der Waals surface area contributed by atoms with E-state index in [0.717, 1.165) is 27.0 Å². The van der Waals surface area contributed by atoms with Crippen molar-refractivity contribution < 1.29 is 14.1 Å². The molecule has 172 valence electrons. The lowest BCUT2D eigenvalue weighted by Gasteiger charge is -2.23. The van der Waals surface area contributed by atoms with Crippen molar-refractivity contribution in [2.24, 2.45) is 0 Å². The van der Waals surface area contributed by atoms with Crippen LogP contribution in [0.4, 0.5) is 11.4 Å². The van der Waals surface area contributed by atoms with Crippen LogP contribution in [0.3, 0.4) is 0 Å². The number of benzene rings is 3. The van der Waals surface area contributed by atoms with E-state index in [4.69, 9.17) is 4.42 Å². The fourth-order valence-corrected chi connectivity index (χ4v) is 4.51. The van der Waals surface area contributed by atoms with Gasteiger partial charge in [0.05, 0.1) is 16.3 Å². The normalized spacial score (nSPS) is 14.5. The van der Waals surface area contributed by atoms with Gasteiger partial charge in [-0.15, -0.1) is 0 Å². The average Bonchev–Trinajstić information content (AvgIpc) is 3.45. The molecule has 0 aliphatic carbocycles. The number of halogens is 1. The lowest BCUT2D eigenvalue weighted by Crippen LogP contribution is -2.25. The third kappa shape index (κ3) is 4.46. The molecule has 6 nitrogen and oxygen atoms in total. The minimum atomic E-state index is -0.441. The van der Waals surface area contributed by atoms with Crippen LogP contribution >= 0.6 is 15.9 Å². The van der Waals surface area contributed by atoms with Gasteiger partial charge in [0.25, 0.3) is 11.6 Å². The SMILES string of the molecule is Cc1cc(Br)ccc1N1C(=O)/C(=C/c2ccc(-c3ccc([N+](=O)[O-])cc3)o2)C=C1c1ccccc1. The van der Waals surface area contributed by atoms with Gasteiger partial charge in [0.15, 0.2) is 0 Å². The Hall–Kier alpha value is -4.23. The Bertz CT molecular complexity index is 1500. The fourth-order valence-electron chi connectivity index (χ4n) is 4.03. The monoisotopic (exact) mass is 526 g/mol. The summed E-state index contributed by atoms with van der Waals surface area (Å²) < 4.78 is 6.89. The van der Waals surface area contributed by atoms with Crippen LogP contribution in [0.5, 0.6) is 0 Å². The molecule has 0 saturated carbocycles. The van der Waals surface area contributed by atoms with Crippen LogP contribution in [0.2, 0.25) is 0 Å². The molecule has 0 spiro atoms. The molecule has 2 heterocycles. The first-order chi connectivity index (χ1) is 16.9. The smallest absolute Gasteiger partial charge is 0.269 e. The van der Waals surface area contributed by atoms with Crippen molar-refractivity contribution in [1.29, 1.82) is 0 Å². The summed E-state index contributed by atoms with van der Waals surface area (Å²) in [4.78, 5) is 25.8. The lowest BCUT2D eigenvalue weighted by atomic mass is 10.1. The van der Waals surface area contributed by atoms with Gasteiger partial charge in [0, 0.05) is 27.7 Å². The standard InChI is InChI=1S/C28H19BrN2O4/c1-18-15-22(29)9-13-25(18)30-26(19-5-3-2-4-6-19)17-21(28(30)32)16-24-12-14-27(35-24)20-7-10-23(11-8-20)31(33)34/h2-17H,1H3/b21-16+. The maximum Gasteiger partial charge on any atom is 0.269 e. The van der Waals surface area contributed by atoms with Crippen molar-refractivity contribution in [3.63, 3.8) is 0 Å². The second kappa shape index (κ2) is 9.19. The molecule has 1 amide bonds. The third-order valence-corrected chi connectivity index (χ3v) is 6.23. The Morgan fingerprint density at radius 1 is 0.943 bits per heavy atom. The summed E-state index contributed by atoms with van der Waals surface area (Å²) in [5.74, 6) is 0.923. The van der Waals surface area contributed by atoms with Crippen molar-refractivity contribution >= 4 is 45.0 Å². The molecule has 1 aromatic heterocycles. The number of rotatable bonds is 5. The molecule has 1 aliphatic heterocycles. The molecular weight excluding hydrogens is 508 g/mol. The molecule has 7 heteroatoms. The largest absolute Gasteiger partial charge is 0.457 e. The summed E-state index contributed by atoms with van der Waals surface area (Å²) in [5.41, 5.74) is 4.71. The molecular formula is C28H19BrN2O4. The first kappa shape index (κ1) is 22.6. The minimum absolute atomic E-state index is 0.0149. The second-order valence-corrected chi connectivity index (χ2v) is 8.99. The number of amides is 1. The zero-order valence-electron chi connectivity index (χ0n) is 18.6. The molecule has 1 aliphatic rings. The molecule has 3 aromatic carbocycles. The number of carbonyl (C=O) groups is 1. The number of aryl methyl sites for hydroxylation is 1. The van der Waals surface area contributed by atoms with Crippen molar-refractivity contribution in [2.75, 3.05) is 4.90 Å². The van der Waals surface area contributed by atoms with Crippen molar-refractivity contribution in [1.82, 2.24) is 0 Å². The quantitative estimate of drug-likeness (QED) is 0.154. The number of nitrogens with zero attached hydrogens (tertiary/aromatic N) is 2. The van der Waals surface area contributed by atoms with Gasteiger partial charge in [0.1, 0.15) is 11.5 Å². The summed E-state index contributed by atoms with van der Waals surface area (Å²) in [5, 5.41) is 10.9. The van der Waals surface area contributed by atoms with E-state index in [9.17, 15) is 14.9 Å². The third-order valence-electron chi connectivity index (χ3n) is 5.74. The first-order valence-electron chi connectivity index (χ1n) is 10.8. The van der Waals surface area contributed by atoms with Crippen LogP contribution in [0.25, 0.3) is 23.1 Å². The average molecular weight is 527 g/mol. The minimum Gasteiger partial charge on any atom is -0.457 e. The molecule has 35 heavy (non-hydrogen) atoms. The lowest BCUT2D eigenvalue weighted by molar-refractivity contribution is -0.384. The van der Waals surface area contributed by atoms with Crippen LogP contribution < -0.4 is 4.90 Å². The number of anilines is 1. The Morgan fingerprint density at radius 2 is 1.69 bits per heavy atom. The molecule has 0 atom stereocenters. The van der Waals surface area contributed by atoms with Gasteiger partial charge in [-0.1, -0.05) is 46.3 Å². The molecule has 0 fully saturated rings. The fraction of sp³-hybridized carbons (Fsp3) is 0.0357. The summed E-state index contributed by atoms with van der Waals surface area (Å²) in [6, 6.07) is 25.3. The van der Waals surface area contributed by atoms with Crippen molar-refractivity contribution in [3.05, 3.63) is 128 Å². The topological polar surface area (TPSA) is 76.6 Å². The van der Waals surface area contributed by atoms with E-state index in [1.54, 1.807) is 35.2 Å². The Labute approximate surface area is 210 Å². The van der Waals surface area contributed by atoms with Gasteiger partial charge in [-0.25, -0.2) is 0 Å². The number of nitro groups is 1. The highest BCUT2D eigenvalue weighted by Crippen LogP contribution is 2.38. The van der Waals surface area contributed by atoms with Gasteiger partial charge >= 0.3 is 0 Å². The number of non-ortho nitro benzene ring substituents is 1. The van der Waals surface area contributed by atoms with Crippen LogP contribution in [0.1, 0.15) is 16.9 Å². The van der Waals surface area contributed by atoms with E-state index in [2.05, 4.69) is 15.9 Å². The Kier molecular flexibility index (Phi) is 5.93. The predicted molar refractivity (Wildman–Crippen MR) is 140 cm³/mol. The zero-order valence-corrected chi connectivity index (χ0v) is 20.2. The second-order valence-electron chi connectivity index (χ2n) is 8.07. The number of hydrogen-bond donors (Lipinski definition) is 0. The highest BCUT2D eigenvalue weighted by atomic mass is 79.9. The van der Waals surface area contributed by atoms with E-state index >= 15 is 0 Å². The number of carbonyl (C=O) groups excluding carboxylic acids is 1. The maximum atomic E-state index is 13.6. The van der Waals surface area contributed by atoms with Gasteiger partial charge < -0.3 is 4.42 Å². The molecule has 0 N–H and O–H groups in total. The van der Waals surface area contributed by atoms with Crippen molar-refractivity contribution in [2.45, 2.75) is 6.92 Å². The van der Waals surface area contributed by atoms with Gasteiger partial charge in [0.2, 0.25) is 0 Å². The summed E-state index contributed by atoms with van der Waals surface area (Å²) in [7, 11) is 0. The van der Waals surface area contributed by atoms with Crippen LogP contribution in [0.15, 0.2) is 105 Å². The van der Waals surface area contributed by atoms with Gasteiger partial charge in [-0.05, 0) is 72.7 Å². The summed E-state index contributed by atoms with van der Waals surface area (Å²) >= 11 is 3.49. The van der Waals surface area contributed by atoms with Crippen LogP contribution in [-0.4, -0.2) is 10.8 Å². The van der Waals surface area contributed by atoms with Crippen LogP contribution in [0, 0.1) is 17.0 Å². The Morgan fingerprint density at radius 3 is 2.37 bits per heavy atom. The highest BCUT2D eigenvalue weighted by molar-refractivity contribution is 9.10. The molecule has 5 rings (SSSR count). The van der Waals surface area contributed by atoms with E-state index in [1.807, 2.05) is 61.5 Å². The number of furan rings is 1. The van der Waals surface area contributed by atoms with Gasteiger partial charge in [-0.3, -0.25) is 19.8 Å². The number of nitro benzene ring substituents is 1. The highest BCUT2D eigenvalue weighted by Gasteiger charge is 2.31. The summed E-state index contributed by atoms with van der Waals surface area (Å²) in [6.45, 7) is 1.97. The maximum absolute atomic E-state index is 13.6. The summed E-state index contributed by atoms with van der Waals surface area (Å²) in [6.07, 6.45) is 3.58. The molecule has 0 bridgehead atoms. The molecule has 0 unspecified atom stereocenters. The van der Waals surface area contributed by atoms with Crippen molar-refractivity contribution in [3.8, 4) is 11.3 Å². The van der Waals surface area contributed by atoms with E-state index < -0.39 is 4.92 Å². The van der Waals surface area contributed by atoms with Gasteiger partial charge in [-0.2, -0.15) is 0 Å². The predicted octanol–water partition coefficient (Wildman–Crippen LogP) is 7.40. The molecule has 0 radical (unpaired) electrons. The molecule has 4 aromatic rings. The van der Waals surface area contributed by atoms with E-state index in [-0.39, 0.29) is 11.6 Å². The Balaban J connectivity index is 1.52. The zero-order chi connectivity index (χ0) is 24.5. The molecule has 0 saturated heterocycles.